The summed E-state index contributed by atoms with van der Waals surface area (Å²) < 4.78 is 15.1. The molecule has 0 aliphatic carbocycles. The Morgan fingerprint density at radius 1 is 1.37 bits per heavy atom. The summed E-state index contributed by atoms with van der Waals surface area (Å²) in [6.07, 6.45) is 1.39. The smallest absolute Gasteiger partial charge is 0.258 e. The minimum atomic E-state index is -0.849. The molecule has 0 saturated carbocycles. The molecule has 0 unspecified atom stereocenters. The van der Waals surface area contributed by atoms with Crippen molar-refractivity contribution in [2.45, 2.75) is 26.7 Å². The van der Waals surface area contributed by atoms with Crippen molar-refractivity contribution in [1.29, 1.82) is 0 Å². The van der Waals surface area contributed by atoms with Crippen LogP contribution in [0.4, 0.5) is 10.1 Å². The molecule has 0 atom stereocenters. The molecule has 0 amide bonds. The summed E-state index contributed by atoms with van der Waals surface area (Å²) in [5.41, 5.74) is 1.28. The third kappa shape index (κ3) is 2.33. The number of para-hydroxylation sites is 1. The number of hydrogen-bond donors (Lipinski definition) is 0. The lowest BCUT2D eigenvalue weighted by atomic mass is 10.2. The van der Waals surface area contributed by atoms with E-state index in [-0.39, 0.29) is 5.69 Å². The highest BCUT2D eigenvalue weighted by Crippen LogP contribution is 2.27. The summed E-state index contributed by atoms with van der Waals surface area (Å²) in [6.45, 7) is 3.88. The second-order valence-corrected chi connectivity index (χ2v) is 4.11. The fourth-order valence-electron chi connectivity index (χ4n) is 1.96. The summed E-state index contributed by atoms with van der Waals surface area (Å²) >= 11 is 0. The van der Waals surface area contributed by atoms with Crippen molar-refractivity contribution in [3.63, 3.8) is 0 Å². The number of benzene rings is 1. The van der Waals surface area contributed by atoms with Crippen LogP contribution in [0, 0.1) is 15.9 Å². The number of nitro groups is 1. The molecule has 0 saturated heterocycles. The SMILES string of the molecule is CCc1cc(CC)n(-c2cccc(F)c2[N+](=O)[O-])n1. The Kier molecular flexibility index (Phi) is 3.59. The number of aromatic nitrogens is 2. The predicted molar refractivity (Wildman–Crippen MR) is 68.9 cm³/mol. The molecule has 100 valence electrons. The molecular weight excluding hydrogens is 249 g/mol. The van der Waals surface area contributed by atoms with Gasteiger partial charge in [0.05, 0.1) is 10.6 Å². The minimum Gasteiger partial charge on any atom is -0.258 e. The van der Waals surface area contributed by atoms with Crippen LogP contribution in [-0.4, -0.2) is 14.7 Å². The van der Waals surface area contributed by atoms with Gasteiger partial charge in [-0.2, -0.15) is 9.49 Å². The van der Waals surface area contributed by atoms with Gasteiger partial charge in [-0.1, -0.05) is 19.9 Å². The maximum Gasteiger partial charge on any atom is 0.330 e. The van der Waals surface area contributed by atoms with Gasteiger partial charge in [0.25, 0.3) is 0 Å². The standard InChI is InChI=1S/C13H14FN3O2/c1-3-9-8-10(4-2)16(15-9)12-7-5-6-11(14)13(12)17(18)19/h5-8H,3-4H2,1-2H3. The first-order valence-corrected chi connectivity index (χ1v) is 6.09. The van der Waals surface area contributed by atoms with E-state index in [0.717, 1.165) is 23.9 Å². The van der Waals surface area contributed by atoms with Gasteiger partial charge in [-0.25, -0.2) is 4.68 Å². The van der Waals surface area contributed by atoms with Gasteiger partial charge in [0.15, 0.2) is 0 Å². The number of nitrogens with zero attached hydrogens (tertiary/aromatic N) is 3. The van der Waals surface area contributed by atoms with Crippen molar-refractivity contribution >= 4 is 5.69 Å². The van der Waals surface area contributed by atoms with Gasteiger partial charge < -0.3 is 0 Å². The molecule has 1 aromatic heterocycles. The number of aryl methyl sites for hydroxylation is 2. The van der Waals surface area contributed by atoms with E-state index in [2.05, 4.69) is 5.10 Å². The Hall–Kier alpha value is -2.24. The second kappa shape index (κ2) is 5.17. The topological polar surface area (TPSA) is 61.0 Å². The van der Waals surface area contributed by atoms with Crippen molar-refractivity contribution in [2.24, 2.45) is 0 Å². The highest BCUT2D eigenvalue weighted by molar-refractivity contribution is 5.53. The van der Waals surface area contributed by atoms with Crippen LogP contribution in [0.25, 0.3) is 5.69 Å². The second-order valence-electron chi connectivity index (χ2n) is 4.11. The van der Waals surface area contributed by atoms with Gasteiger partial charge in [-0.15, -0.1) is 0 Å². The third-order valence-corrected chi connectivity index (χ3v) is 2.93. The number of hydrogen-bond acceptors (Lipinski definition) is 3. The van der Waals surface area contributed by atoms with Gasteiger partial charge in [-0.3, -0.25) is 10.1 Å². The molecule has 2 rings (SSSR count). The minimum absolute atomic E-state index is 0.168. The molecule has 0 N–H and O–H groups in total. The van der Waals surface area contributed by atoms with E-state index in [4.69, 9.17) is 0 Å². The van der Waals surface area contributed by atoms with E-state index in [1.807, 2.05) is 19.9 Å². The summed E-state index contributed by atoms with van der Waals surface area (Å²) in [5.74, 6) is -0.849. The molecule has 2 aromatic rings. The zero-order valence-electron chi connectivity index (χ0n) is 10.8. The average Bonchev–Trinajstić information content (AvgIpc) is 2.81. The fraction of sp³-hybridized carbons (Fsp3) is 0.308. The number of halogens is 1. The van der Waals surface area contributed by atoms with E-state index in [0.29, 0.717) is 6.42 Å². The zero-order chi connectivity index (χ0) is 14.0. The highest BCUT2D eigenvalue weighted by atomic mass is 19.1. The number of rotatable bonds is 4. The van der Waals surface area contributed by atoms with Crippen molar-refractivity contribution in [1.82, 2.24) is 9.78 Å². The zero-order valence-corrected chi connectivity index (χ0v) is 10.8. The maximum absolute atomic E-state index is 13.6. The van der Waals surface area contributed by atoms with Crippen molar-refractivity contribution in [3.05, 3.63) is 51.6 Å². The molecule has 1 heterocycles. The quantitative estimate of drug-likeness (QED) is 0.629. The van der Waals surface area contributed by atoms with Crippen LogP contribution in [-0.2, 0) is 12.8 Å². The molecule has 1 aromatic carbocycles. The Balaban J connectivity index is 2.68. The van der Waals surface area contributed by atoms with E-state index in [1.165, 1.54) is 16.8 Å². The Morgan fingerprint density at radius 3 is 2.68 bits per heavy atom. The monoisotopic (exact) mass is 263 g/mol. The van der Waals surface area contributed by atoms with Crippen molar-refractivity contribution in [2.75, 3.05) is 0 Å². The van der Waals surface area contributed by atoms with E-state index < -0.39 is 16.4 Å². The Morgan fingerprint density at radius 2 is 2.11 bits per heavy atom. The third-order valence-electron chi connectivity index (χ3n) is 2.93. The lowest BCUT2D eigenvalue weighted by molar-refractivity contribution is -0.387. The molecule has 0 spiro atoms. The fourth-order valence-corrected chi connectivity index (χ4v) is 1.96. The van der Waals surface area contributed by atoms with Gasteiger partial charge in [-0.05, 0) is 31.0 Å². The van der Waals surface area contributed by atoms with Crippen LogP contribution < -0.4 is 0 Å². The van der Waals surface area contributed by atoms with Gasteiger partial charge in [0.1, 0.15) is 5.69 Å². The number of nitro benzene ring substituents is 1. The van der Waals surface area contributed by atoms with Crippen LogP contribution in [0.5, 0.6) is 0 Å². The molecule has 0 fully saturated rings. The first-order valence-electron chi connectivity index (χ1n) is 6.09. The molecule has 0 aliphatic rings. The van der Waals surface area contributed by atoms with Crippen LogP contribution >= 0.6 is 0 Å². The van der Waals surface area contributed by atoms with E-state index >= 15 is 0 Å². The van der Waals surface area contributed by atoms with E-state index in [9.17, 15) is 14.5 Å². The molecule has 6 heteroatoms. The van der Waals surface area contributed by atoms with Crippen LogP contribution in [0.3, 0.4) is 0 Å². The lowest BCUT2D eigenvalue weighted by Gasteiger charge is -2.06. The molecule has 0 radical (unpaired) electrons. The van der Waals surface area contributed by atoms with Crippen LogP contribution in [0.1, 0.15) is 25.2 Å². The molecule has 5 nitrogen and oxygen atoms in total. The first kappa shape index (κ1) is 13.2. The predicted octanol–water partition coefficient (Wildman–Crippen LogP) is 3.04. The normalized spacial score (nSPS) is 10.7. The highest BCUT2D eigenvalue weighted by Gasteiger charge is 2.23. The molecule has 0 aliphatic heterocycles. The molecule has 0 bridgehead atoms. The molecule has 19 heavy (non-hydrogen) atoms. The van der Waals surface area contributed by atoms with E-state index in [1.54, 1.807) is 0 Å². The van der Waals surface area contributed by atoms with Gasteiger partial charge in [0, 0.05) is 5.69 Å². The van der Waals surface area contributed by atoms with Crippen LogP contribution in [0.2, 0.25) is 0 Å². The van der Waals surface area contributed by atoms with Crippen molar-refractivity contribution in [3.8, 4) is 5.69 Å². The van der Waals surface area contributed by atoms with Gasteiger partial charge >= 0.3 is 5.69 Å². The average molecular weight is 263 g/mol. The molecular formula is C13H14FN3O2. The Bertz CT molecular complexity index is 622. The Labute approximate surface area is 109 Å². The largest absolute Gasteiger partial charge is 0.330 e. The summed E-state index contributed by atoms with van der Waals surface area (Å²) in [5, 5.41) is 15.3. The van der Waals surface area contributed by atoms with Crippen molar-refractivity contribution < 1.29 is 9.31 Å². The lowest BCUT2D eigenvalue weighted by Crippen LogP contribution is -2.06. The first-order chi connectivity index (χ1) is 9.08. The summed E-state index contributed by atoms with van der Waals surface area (Å²) in [7, 11) is 0. The van der Waals surface area contributed by atoms with Gasteiger partial charge in [0.2, 0.25) is 5.82 Å². The maximum atomic E-state index is 13.6. The summed E-state index contributed by atoms with van der Waals surface area (Å²) in [6, 6.07) is 5.92. The summed E-state index contributed by atoms with van der Waals surface area (Å²) in [4.78, 5) is 10.3. The van der Waals surface area contributed by atoms with Crippen LogP contribution in [0.15, 0.2) is 24.3 Å².